The Kier molecular flexibility index (Phi) is 2.23. The molecule has 1 N–H and O–H groups in total. The lowest BCUT2D eigenvalue weighted by molar-refractivity contribution is 0.412. The van der Waals surface area contributed by atoms with E-state index in [0.29, 0.717) is 6.04 Å². The Labute approximate surface area is 71.4 Å². The largest absolute Gasteiger partial charge is 0.357 e. The standard InChI is InChI=1S/C9H12N2O/c1-2-8(10-6-1)3-4-9-5-7-11-12-9/h3-5,7-8,10H,1-2,6H2/t8-/m0/s1. The predicted octanol–water partition coefficient (Wildman–Crippen LogP) is 1.44. The molecule has 0 aliphatic carbocycles. The van der Waals surface area contributed by atoms with Crippen molar-refractivity contribution in [1.82, 2.24) is 10.5 Å². The quantitative estimate of drug-likeness (QED) is 0.718. The van der Waals surface area contributed by atoms with Crippen LogP contribution in [0.25, 0.3) is 6.08 Å². The summed E-state index contributed by atoms with van der Waals surface area (Å²) in [6, 6.07) is 2.38. The van der Waals surface area contributed by atoms with Crippen LogP contribution in [0.1, 0.15) is 18.6 Å². The highest BCUT2D eigenvalue weighted by Gasteiger charge is 2.09. The van der Waals surface area contributed by atoms with Gasteiger partial charge in [0, 0.05) is 12.1 Å². The van der Waals surface area contributed by atoms with Crippen LogP contribution in [0.3, 0.4) is 0 Å². The highest BCUT2D eigenvalue weighted by Crippen LogP contribution is 2.08. The highest BCUT2D eigenvalue weighted by molar-refractivity contribution is 5.42. The topological polar surface area (TPSA) is 38.1 Å². The molecule has 0 saturated carbocycles. The van der Waals surface area contributed by atoms with E-state index < -0.39 is 0 Å². The molecule has 0 aromatic carbocycles. The number of aromatic nitrogens is 1. The Morgan fingerprint density at radius 1 is 1.67 bits per heavy atom. The Hall–Kier alpha value is -1.09. The fourth-order valence-corrected chi connectivity index (χ4v) is 1.40. The van der Waals surface area contributed by atoms with E-state index in [-0.39, 0.29) is 0 Å². The molecule has 2 heterocycles. The predicted molar refractivity (Wildman–Crippen MR) is 46.6 cm³/mol. The molecule has 2 rings (SSSR count). The lowest BCUT2D eigenvalue weighted by Crippen LogP contribution is -2.17. The van der Waals surface area contributed by atoms with Gasteiger partial charge in [-0.15, -0.1) is 0 Å². The van der Waals surface area contributed by atoms with Crippen LogP contribution < -0.4 is 5.32 Å². The third-order valence-corrected chi connectivity index (χ3v) is 2.05. The molecule has 0 spiro atoms. The van der Waals surface area contributed by atoms with Crippen LogP contribution in [-0.4, -0.2) is 17.7 Å². The van der Waals surface area contributed by atoms with Crippen LogP contribution >= 0.6 is 0 Å². The van der Waals surface area contributed by atoms with Gasteiger partial charge in [-0.3, -0.25) is 0 Å². The molecule has 3 nitrogen and oxygen atoms in total. The molecule has 0 unspecified atom stereocenters. The minimum atomic E-state index is 0.523. The summed E-state index contributed by atoms with van der Waals surface area (Å²) in [4.78, 5) is 0. The second-order valence-corrected chi connectivity index (χ2v) is 2.98. The highest BCUT2D eigenvalue weighted by atomic mass is 16.5. The van der Waals surface area contributed by atoms with Crippen molar-refractivity contribution in [2.75, 3.05) is 6.54 Å². The zero-order valence-electron chi connectivity index (χ0n) is 6.86. The van der Waals surface area contributed by atoms with Crippen LogP contribution in [0.5, 0.6) is 0 Å². The average molecular weight is 164 g/mol. The second kappa shape index (κ2) is 3.54. The van der Waals surface area contributed by atoms with E-state index in [1.54, 1.807) is 6.20 Å². The molecule has 0 amide bonds. The summed E-state index contributed by atoms with van der Waals surface area (Å²) in [5.41, 5.74) is 0. The molecule has 64 valence electrons. The van der Waals surface area contributed by atoms with E-state index in [2.05, 4.69) is 16.5 Å². The first-order chi connectivity index (χ1) is 5.95. The van der Waals surface area contributed by atoms with Crippen molar-refractivity contribution < 1.29 is 4.52 Å². The summed E-state index contributed by atoms with van der Waals surface area (Å²) in [5.74, 6) is 0.823. The van der Waals surface area contributed by atoms with Gasteiger partial charge in [-0.1, -0.05) is 11.2 Å². The van der Waals surface area contributed by atoms with E-state index >= 15 is 0 Å². The molecule has 0 bridgehead atoms. The van der Waals surface area contributed by atoms with Crippen LogP contribution in [0.4, 0.5) is 0 Å². The molecule has 12 heavy (non-hydrogen) atoms. The Bertz CT molecular complexity index is 248. The lowest BCUT2D eigenvalue weighted by atomic mass is 10.2. The van der Waals surface area contributed by atoms with E-state index in [9.17, 15) is 0 Å². The lowest BCUT2D eigenvalue weighted by Gasteiger charge is -2.00. The van der Waals surface area contributed by atoms with Gasteiger partial charge in [0.1, 0.15) is 0 Å². The van der Waals surface area contributed by atoms with E-state index in [0.717, 1.165) is 12.3 Å². The minimum Gasteiger partial charge on any atom is -0.357 e. The summed E-state index contributed by atoms with van der Waals surface area (Å²) in [6.45, 7) is 1.13. The molecule has 1 atom stereocenters. The summed E-state index contributed by atoms with van der Waals surface area (Å²) >= 11 is 0. The van der Waals surface area contributed by atoms with Crippen molar-refractivity contribution in [2.45, 2.75) is 18.9 Å². The fourth-order valence-electron chi connectivity index (χ4n) is 1.40. The van der Waals surface area contributed by atoms with Gasteiger partial charge in [-0.05, 0) is 25.5 Å². The average Bonchev–Trinajstić information content (AvgIpc) is 2.74. The fraction of sp³-hybridized carbons (Fsp3) is 0.444. The minimum absolute atomic E-state index is 0.523. The number of rotatable bonds is 2. The van der Waals surface area contributed by atoms with Crippen molar-refractivity contribution >= 4 is 6.08 Å². The van der Waals surface area contributed by atoms with Gasteiger partial charge in [0.25, 0.3) is 0 Å². The van der Waals surface area contributed by atoms with Gasteiger partial charge < -0.3 is 9.84 Å². The van der Waals surface area contributed by atoms with Gasteiger partial charge in [0.15, 0.2) is 5.76 Å². The monoisotopic (exact) mass is 164 g/mol. The van der Waals surface area contributed by atoms with Crippen LogP contribution in [0, 0.1) is 0 Å². The molecule has 1 saturated heterocycles. The van der Waals surface area contributed by atoms with Crippen molar-refractivity contribution in [3.05, 3.63) is 24.1 Å². The zero-order valence-corrected chi connectivity index (χ0v) is 6.86. The Balaban J connectivity index is 1.93. The van der Waals surface area contributed by atoms with E-state index in [1.807, 2.05) is 12.1 Å². The van der Waals surface area contributed by atoms with Crippen molar-refractivity contribution in [3.8, 4) is 0 Å². The van der Waals surface area contributed by atoms with Crippen LogP contribution in [-0.2, 0) is 0 Å². The molecule has 1 fully saturated rings. The maximum absolute atomic E-state index is 4.93. The first-order valence-corrected chi connectivity index (χ1v) is 4.27. The molecule has 1 aromatic rings. The summed E-state index contributed by atoms with van der Waals surface area (Å²) in [6.07, 6.45) is 8.25. The van der Waals surface area contributed by atoms with Gasteiger partial charge in [-0.2, -0.15) is 0 Å². The van der Waals surface area contributed by atoms with Crippen molar-refractivity contribution in [1.29, 1.82) is 0 Å². The third-order valence-electron chi connectivity index (χ3n) is 2.05. The molecule has 0 radical (unpaired) electrons. The van der Waals surface area contributed by atoms with Crippen LogP contribution in [0.15, 0.2) is 22.9 Å². The van der Waals surface area contributed by atoms with Crippen molar-refractivity contribution in [2.24, 2.45) is 0 Å². The molecular weight excluding hydrogens is 152 g/mol. The third kappa shape index (κ3) is 1.74. The number of nitrogens with zero attached hydrogens (tertiary/aromatic N) is 1. The number of hydrogen-bond donors (Lipinski definition) is 1. The Morgan fingerprint density at radius 2 is 2.67 bits per heavy atom. The number of nitrogens with one attached hydrogen (secondary N) is 1. The summed E-state index contributed by atoms with van der Waals surface area (Å²) < 4.78 is 4.93. The number of hydrogen-bond acceptors (Lipinski definition) is 3. The SMILES string of the molecule is C(=C[C@@H]1CCCN1)c1ccno1. The van der Waals surface area contributed by atoms with Gasteiger partial charge in [0.05, 0.1) is 6.20 Å². The normalized spacial score (nSPS) is 23.8. The van der Waals surface area contributed by atoms with Crippen molar-refractivity contribution in [3.63, 3.8) is 0 Å². The molecule has 3 heteroatoms. The smallest absolute Gasteiger partial charge is 0.159 e. The molecule has 1 aliphatic rings. The summed E-state index contributed by atoms with van der Waals surface area (Å²) in [7, 11) is 0. The zero-order chi connectivity index (χ0) is 8.23. The Morgan fingerprint density at radius 3 is 3.33 bits per heavy atom. The summed E-state index contributed by atoms with van der Waals surface area (Å²) in [5, 5.41) is 6.99. The molecule has 1 aliphatic heterocycles. The maximum Gasteiger partial charge on any atom is 0.159 e. The molecule has 1 aromatic heterocycles. The van der Waals surface area contributed by atoms with Crippen LogP contribution in [0.2, 0.25) is 0 Å². The van der Waals surface area contributed by atoms with E-state index in [4.69, 9.17) is 4.52 Å². The van der Waals surface area contributed by atoms with E-state index in [1.165, 1.54) is 12.8 Å². The first kappa shape index (κ1) is 7.55. The van der Waals surface area contributed by atoms with Gasteiger partial charge >= 0.3 is 0 Å². The molecular formula is C9H12N2O. The second-order valence-electron chi connectivity index (χ2n) is 2.98. The van der Waals surface area contributed by atoms with Gasteiger partial charge in [-0.25, -0.2) is 0 Å². The van der Waals surface area contributed by atoms with Gasteiger partial charge in [0.2, 0.25) is 0 Å². The maximum atomic E-state index is 4.93. The first-order valence-electron chi connectivity index (χ1n) is 4.27.